The molecule has 0 fully saturated rings. The molecule has 0 aromatic heterocycles. The van der Waals surface area contributed by atoms with Gasteiger partial charge < -0.3 is 4.74 Å². The van der Waals surface area contributed by atoms with Gasteiger partial charge in [0.2, 0.25) is 0 Å². The van der Waals surface area contributed by atoms with Gasteiger partial charge in [-0.15, -0.1) is 0 Å². The zero-order valence-corrected chi connectivity index (χ0v) is 13.5. The van der Waals surface area contributed by atoms with Crippen LogP contribution in [0.5, 0.6) is 5.75 Å². The first-order valence-electron chi connectivity index (χ1n) is 6.47. The summed E-state index contributed by atoms with van der Waals surface area (Å²) in [4.78, 5) is 12.2. The summed E-state index contributed by atoms with van der Waals surface area (Å²) in [6.07, 6.45) is 0. The lowest BCUT2D eigenvalue weighted by atomic mass is 10.0. The number of aryl methyl sites for hydroxylation is 3. The van der Waals surface area contributed by atoms with Crippen molar-refractivity contribution in [3.8, 4) is 5.75 Å². The minimum absolute atomic E-state index is 0.00123. The molecule has 0 aliphatic rings. The predicted molar refractivity (Wildman–Crippen MR) is 84.6 cm³/mol. The monoisotopic (exact) mass is 332 g/mol. The quantitative estimate of drug-likeness (QED) is 0.762. The molecule has 2 aromatic rings. The Morgan fingerprint density at radius 1 is 1.05 bits per heavy atom. The summed E-state index contributed by atoms with van der Waals surface area (Å²) in [5.74, 6) is 0.688. The highest BCUT2D eigenvalue weighted by Gasteiger charge is 2.11. The van der Waals surface area contributed by atoms with Crippen molar-refractivity contribution in [1.29, 1.82) is 0 Å². The van der Waals surface area contributed by atoms with Gasteiger partial charge >= 0.3 is 0 Å². The molecule has 0 heterocycles. The second-order valence-electron chi connectivity index (χ2n) is 4.96. The van der Waals surface area contributed by atoms with Crippen LogP contribution in [0.3, 0.4) is 0 Å². The van der Waals surface area contributed by atoms with Crippen LogP contribution < -0.4 is 4.74 Å². The van der Waals surface area contributed by atoms with Gasteiger partial charge in [0.15, 0.2) is 12.4 Å². The van der Waals surface area contributed by atoms with Gasteiger partial charge in [0.25, 0.3) is 0 Å². The third-order valence-corrected chi connectivity index (χ3v) is 3.76. The molecule has 2 aromatic carbocycles. The van der Waals surface area contributed by atoms with Crippen molar-refractivity contribution in [2.75, 3.05) is 6.61 Å². The minimum atomic E-state index is -0.00123. The maximum Gasteiger partial charge on any atom is 0.200 e. The van der Waals surface area contributed by atoms with Crippen molar-refractivity contribution >= 4 is 21.7 Å². The molecule has 0 amide bonds. The first-order chi connectivity index (χ1) is 9.47. The standard InChI is InChI=1S/C17H17BrO2/c1-11-4-6-13(3)14(8-11)16(19)10-20-17-7-5-12(2)9-15(17)18/h4-9H,10H2,1-3H3. The van der Waals surface area contributed by atoms with Gasteiger partial charge in [-0.2, -0.15) is 0 Å². The summed E-state index contributed by atoms with van der Waals surface area (Å²) in [5, 5.41) is 0. The summed E-state index contributed by atoms with van der Waals surface area (Å²) in [6, 6.07) is 11.7. The zero-order valence-electron chi connectivity index (χ0n) is 11.9. The lowest BCUT2D eigenvalue weighted by Crippen LogP contribution is -2.13. The number of hydrogen-bond acceptors (Lipinski definition) is 2. The Kier molecular flexibility index (Phi) is 4.61. The average molecular weight is 333 g/mol. The van der Waals surface area contributed by atoms with Crippen LogP contribution in [-0.2, 0) is 0 Å². The highest BCUT2D eigenvalue weighted by Crippen LogP contribution is 2.26. The highest BCUT2D eigenvalue weighted by molar-refractivity contribution is 9.10. The summed E-state index contributed by atoms with van der Waals surface area (Å²) >= 11 is 3.44. The topological polar surface area (TPSA) is 26.3 Å². The van der Waals surface area contributed by atoms with Crippen LogP contribution in [0.1, 0.15) is 27.0 Å². The lowest BCUT2D eigenvalue weighted by Gasteiger charge is -2.10. The van der Waals surface area contributed by atoms with E-state index in [1.165, 1.54) is 0 Å². The van der Waals surface area contributed by atoms with Crippen LogP contribution in [0.2, 0.25) is 0 Å². The van der Waals surface area contributed by atoms with Crippen LogP contribution in [-0.4, -0.2) is 12.4 Å². The van der Waals surface area contributed by atoms with Crippen molar-refractivity contribution in [3.05, 3.63) is 63.1 Å². The fraction of sp³-hybridized carbons (Fsp3) is 0.235. The summed E-state index contributed by atoms with van der Waals surface area (Å²) < 4.78 is 6.47. The van der Waals surface area contributed by atoms with Crippen molar-refractivity contribution in [3.63, 3.8) is 0 Å². The Morgan fingerprint density at radius 3 is 2.40 bits per heavy atom. The van der Waals surface area contributed by atoms with E-state index in [-0.39, 0.29) is 12.4 Å². The van der Waals surface area contributed by atoms with Crippen LogP contribution in [0.15, 0.2) is 40.9 Å². The van der Waals surface area contributed by atoms with Gasteiger partial charge in [0.05, 0.1) is 4.47 Å². The Balaban J connectivity index is 2.10. The number of hydrogen-bond donors (Lipinski definition) is 0. The summed E-state index contributed by atoms with van der Waals surface area (Å²) in [6.45, 7) is 5.98. The van der Waals surface area contributed by atoms with Gasteiger partial charge in [-0.25, -0.2) is 0 Å². The van der Waals surface area contributed by atoms with E-state index in [4.69, 9.17) is 4.74 Å². The SMILES string of the molecule is Cc1ccc(OCC(=O)c2cc(C)ccc2C)c(Br)c1. The fourth-order valence-corrected chi connectivity index (χ4v) is 2.59. The molecular weight excluding hydrogens is 316 g/mol. The largest absolute Gasteiger partial charge is 0.484 e. The molecule has 0 aliphatic heterocycles. The van der Waals surface area contributed by atoms with Crippen molar-refractivity contribution < 1.29 is 9.53 Å². The second kappa shape index (κ2) is 6.23. The van der Waals surface area contributed by atoms with Crippen LogP contribution in [0.4, 0.5) is 0 Å². The number of carbonyl (C=O) groups excluding carboxylic acids is 1. The Hall–Kier alpha value is -1.61. The van der Waals surface area contributed by atoms with Crippen molar-refractivity contribution in [2.45, 2.75) is 20.8 Å². The zero-order chi connectivity index (χ0) is 14.7. The average Bonchev–Trinajstić information content (AvgIpc) is 2.40. The summed E-state index contributed by atoms with van der Waals surface area (Å²) in [5.41, 5.74) is 3.93. The van der Waals surface area contributed by atoms with Gasteiger partial charge in [-0.05, 0) is 66.0 Å². The number of rotatable bonds is 4. The van der Waals surface area contributed by atoms with Crippen molar-refractivity contribution in [2.24, 2.45) is 0 Å². The maximum absolute atomic E-state index is 12.2. The van der Waals surface area contributed by atoms with Crippen LogP contribution >= 0.6 is 15.9 Å². The fourth-order valence-electron chi connectivity index (χ4n) is 1.98. The Labute approximate surface area is 127 Å². The van der Waals surface area contributed by atoms with E-state index in [0.717, 1.165) is 26.7 Å². The summed E-state index contributed by atoms with van der Waals surface area (Å²) in [7, 11) is 0. The molecule has 0 bridgehead atoms. The predicted octanol–water partition coefficient (Wildman–Crippen LogP) is 4.64. The second-order valence-corrected chi connectivity index (χ2v) is 5.82. The molecule has 20 heavy (non-hydrogen) atoms. The molecule has 0 N–H and O–H groups in total. The van der Waals surface area contributed by atoms with Gasteiger partial charge in [-0.1, -0.05) is 23.8 Å². The minimum Gasteiger partial charge on any atom is -0.484 e. The van der Waals surface area contributed by atoms with E-state index >= 15 is 0 Å². The van der Waals surface area contributed by atoms with E-state index in [9.17, 15) is 4.79 Å². The Morgan fingerprint density at radius 2 is 1.70 bits per heavy atom. The molecule has 0 atom stereocenters. The number of ketones is 1. The Bertz CT molecular complexity index is 647. The van der Waals surface area contributed by atoms with E-state index < -0.39 is 0 Å². The molecule has 0 aliphatic carbocycles. The van der Waals surface area contributed by atoms with Crippen molar-refractivity contribution in [1.82, 2.24) is 0 Å². The van der Waals surface area contributed by atoms with E-state index in [2.05, 4.69) is 15.9 Å². The van der Waals surface area contributed by atoms with E-state index in [1.807, 2.05) is 57.2 Å². The number of carbonyl (C=O) groups is 1. The van der Waals surface area contributed by atoms with Gasteiger partial charge in [0, 0.05) is 5.56 Å². The molecule has 0 spiro atoms. The number of Topliss-reactive ketones (excluding diaryl/α,β-unsaturated/α-hetero) is 1. The van der Waals surface area contributed by atoms with Gasteiger partial charge in [-0.3, -0.25) is 4.79 Å². The molecular formula is C17H17BrO2. The first kappa shape index (κ1) is 14.8. The molecule has 104 valence electrons. The molecule has 2 rings (SSSR count). The molecule has 0 saturated carbocycles. The molecule has 2 nitrogen and oxygen atoms in total. The molecule has 3 heteroatoms. The smallest absolute Gasteiger partial charge is 0.200 e. The molecule has 0 unspecified atom stereocenters. The number of halogens is 1. The van der Waals surface area contributed by atoms with Gasteiger partial charge in [0.1, 0.15) is 5.75 Å². The number of benzene rings is 2. The first-order valence-corrected chi connectivity index (χ1v) is 7.26. The number of ether oxygens (including phenoxy) is 1. The van der Waals surface area contributed by atoms with Crippen LogP contribution in [0.25, 0.3) is 0 Å². The third kappa shape index (κ3) is 3.48. The molecule has 0 saturated heterocycles. The maximum atomic E-state index is 12.2. The van der Waals surface area contributed by atoms with Crippen LogP contribution in [0, 0.1) is 20.8 Å². The van der Waals surface area contributed by atoms with E-state index in [1.54, 1.807) is 0 Å². The molecule has 0 radical (unpaired) electrons. The third-order valence-electron chi connectivity index (χ3n) is 3.14. The lowest BCUT2D eigenvalue weighted by molar-refractivity contribution is 0.0920. The normalized spacial score (nSPS) is 10.4. The van der Waals surface area contributed by atoms with E-state index in [0.29, 0.717) is 5.75 Å². The highest BCUT2D eigenvalue weighted by atomic mass is 79.9.